The molecule has 0 atom stereocenters. The SMILES string of the molecule is CCC(F)(CC)CCC(F)(CC)CC. The van der Waals surface area contributed by atoms with Gasteiger partial charge in [0.05, 0.1) is 0 Å². The number of hydrogen-bond acceptors (Lipinski definition) is 0. The Balaban J connectivity index is 4.14. The van der Waals surface area contributed by atoms with Crippen LogP contribution in [0.5, 0.6) is 0 Å². The third kappa shape index (κ3) is 3.93. The molecule has 0 fully saturated rings. The van der Waals surface area contributed by atoms with Crippen LogP contribution in [0.4, 0.5) is 8.78 Å². The van der Waals surface area contributed by atoms with Gasteiger partial charge in [-0.05, 0) is 38.5 Å². The molecule has 0 aromatic heterocycles. The van der Waals surface area contributed by atoms with Crippen molar-refractivity contribution in [1.82, 2.24) is 0 Å². The zero-order valence-corrected chi connectivity index (χ0v) is 10.00. The maximum Gasteiger partial charge on any atom is 0.110 e. The molecule has 14 heavy (non-hydrogen) atoms. The maximum absolute atomic E-state index is 13.9. The van der Waals surface area contributed by atoms with Crippen molar-refractivity contribution < 1.29 is 8.78 Å². The van der Waals surface area contributed by atoms with E-state index in [0.29, 0.717) is 38.5 Å². The molecule has 2 heteroatoms. The van der Waals surface area contributed by atoms with Crippen LogP contribution in [0.25, 0.3) is 0 Å². The van der Waals surface area contributed by atoms with Crippen molar-refractivity contribution in [3.63, 3.8) is 0 Å². The van der Waals surface area contributed by atoms with Crippen molar-refractivity contribution in [2.45, 2.75) is 77.6 Å². The van der Waals surface area contributed by atoms with Gasteiger partial charge in [0.15, 0.2) is 0 Å². The van der Waals surface area contributed by atoms with Crippen LogP contribution in [0.1, 0.15) is 66.2 Å². The fourth-order valence-electron chi connectivity index (χ4n) is 1.66. The van der Waals surface area contributed by atoms with Gasteiger partial charge >= 0.3 is 0 Å². The van der Waals surface area contributed by atoms with Gasteiger partial charge in [-0.1, -0.05) is 27.7 Å². The zero-order chi connectivity index (χ0) is 11.2. The van der Waals surface area contributed by atoms with Crippen LogP contribution in [-0.4, -0.2) is 11.3 Å². The van der Waals surface area contributed by atoms with Crippen molar-refractivity contribution in [1.29, 1.82) is 0 Å². The number of hydrogen-bond donors (Lipinski definition) is 0. The van der Waals surface area contributed by atoms with Gasteiger partial charge in [0.2, 0.25) is 0 Å². The summed E-state index contributed by atoms with van der Waals surface area (Å²) in [6.07, 6.45) is 2.69. The summed E-state index contributed by atoms with van der Waals surface area (Å²) in [7, 11) is 0. The van der Waals surface area contributed by atoms with Crippen molar-refractivity contribution in [3.8, 4) is 0 Å². The molecular formula is C12H24F2. The van der Waals surface area contributed by atoms with E-state index in [-0.39, 0.29) is 0 Å². The summed E-state index contributed by atoms with van der Waals surface area (Å²) in [6, 6.07) is 0. The van der Waals surface area contributed by atoms with Crippen LogP contribution in [-0.2, 0) is 0 Å². The minimum atomic E-state index is -1.15. The predicted octanol–water partition coefficient (Wildman–Crippen LogP) is 4.82. The lowest BCUT2D eigenvalue weighted by atomic mass is 9.86. The summed E-state index contributed by atoms with van der Waals surface area (Å²) in [5, 5.41) is 0. The van der Waals surface area contributed by atoms with E-state index in [1.165, 1.54) is 0 Å². The van der Waals surface area contributed by atoms with Gasteiger partial charge in [-0.2, -0.15) is 0 Å². The summed E-state index contributed by atoms with van der Waals surface area (Å²) in [5.74, 6) is 0. The third-order valence-electron chi connectivity index (χ3n) is 3.56. The molecule has 0 aromatic carbocycles. The Labute approximate surface area is 87.1 Å². The number of rotatable bonds is 7. The van der Waals surface area contributed by atoms with Gasteiger partial charge < -0.3 is 0 Å². The van der Waals surface area contributed by atoms with E-state index in [0.717, 1.165) is 0 Å². The lowest BCUT2D eigenvalue weighted by Crippen LogP contribution is -2.28. The first-order chi connectivity index (χ1) is 6.45. The predicted molar refractivity (Wildman–Crippen MR) is 58.1 cm³/mol. The molecule has 0 heterocycles. The molecule has 0 rings (SSSR count). The lowest BCUT2D eigenvalue weighted by molar-refractivity contribution is 0.0746. The molecule has 0 aliphatic rings. The van der Waals surface area contributed by atoms with Gasteiger partial charge in [0.1, 0.15) is 11.3 Å². The topological polar surface area (TPSA) is 0 Å². The molecule has 0 aliphatic heterocycles. The Kier molecular flexibility index (Phi) is 5.61. The van der Waals surface area contributed by atoms with Crippen LogP contribution in [0, 0.1) is 0 Å². The largest absolute Gasteiger partial charge is 0.244 e. The van der Waals surface area contributed by atoms with Crippen LogP contribution < -0.4 is 0 Å². The Morgan fingerprint density at radius 1 is 0.643 bits per heavy atom. The van der Waals surface area contributed by atoms with E-state index in [1.807, 2.05) is 27.7 Å². The third-order valence-corrected chi connectivity index (χ3v) is 3.56. The summed E-state index contributed by atoms with van der Waals surface area (Å²) < 4.78 is 27.8. The molecule has 0 nitrogen and oxygen atoms in total. The van der Waals surface area contributed by atoms with E-state index >= 15 is 0 Å². The highest BCUT2D eigenvalue weighted by Gasteiger charge is 2.31. The van der Waals surface area contributed by atoms with Crippen LogP contribution in [0.15, 0.2) is 0 Å². The summed E-state index contributed by atoms with van der Waals surface area (Å²) in [4.78, 5) is 0. The standard InChI is InChI=1S/C12H24F2/c1-5-11(13,6-2)9-10-12(14,7-3)8-4/h5-10H2,1-4H3. The second-order valence-corrected chi connectivity index (χ2v) is 4.22. The summed E-state index contributed by atoms with van der Waals surface area (Å²) in [6.45, 7) is 7.34. The molecule has 0 radical (unpaired) electrons. The van der Waals surface area contributed by atoms with Crippen LogP contribution >= 0.6 is 0 Å². The Morgan fingerprint density at radius 2 is 0.857 bits per heavy atom. The number of alkyl halides is 2. The first-order valence-corrected chi connectivity index (χ1v) is 5.83. The Morgan fingerprint density at radius 3 is 1.00 bits per heavy atom. The molecule has 0 unspecified atom stereocenters. The fourth-order valence-corrected chi connectivity index (χ4v) is 1.66. The van der Waals surface area contributed by atoms with Crippen molar-refractivity contribution in [2.75, 3.05) is 0 Å². The van der Waals surface area contributed by atoms with E-state index in [1.54, 1.807) is 0 Å². The quantitative estimate of drug-likeness (QED) is 0.560. The average molecular weight is 206 g/mol. The van der Waals surface area contributed by atoms with Crippen LogP contribution in [0.3, 0.4) is 0 Å². The van der Waals surface area contributed by atoms with E-state index in [4.69, 9.17) is 0 Å². The monoisotopic (exact) mass is 206 g/mol. The Bertz CT molecular complexity index is 128. The first-order valence-electron chi connectivity index (χ1n) is 5.83. The number of halogens is 2. The summed E-state index contributed by atoms with van der Waals surface area (Å²) in [5.41, 5.74) is -2.30. The molecule has 0 saturated carbocycles. The van der Waals surface area contributed by atoms with Crippen molar-refractivity contribution in [2.24, 2.45) is 0 Å². The van der Waals surface area contributed by atoms with E-state index in [9.17, 15) is 8.78 Å². The Hall–Kier alpha value is -0.140. The molecule has 0 bridgehead atoms. The minimum absolute atomic E-state index is 0.359. The van der Waals surface area contributed by atoms with Crippen molar-refractivity contribution in [3.05, 3.63) is 0 Å². The summed E-state index contributed by atoms with van der Waals surface area (Å²) >= 11 is 0. The molecule has 86 valence electrons. The van der Waals surface area contributed by atoms with Gasteiger partial charge in [-0.15, -0.1) is 0 Å². The van der Waals surface area contributed by atoms with E-state index < -0.39 is 11.3 Å². The fraction of sp³-hybridized carbons (Fsp3) is 1.00. The molecule has 0 aromatic rings. The zero-order valence-electron chi connectivity index (χ0n) is 10.00. The second-order valence-electron chi connectivity index (χ2n) is 4.22. The second kappa shape index (κ2) is 5.67. The molecule has 0 N–H and O–H groups in total. The molecule has 0 saturated heterocycles. The van der Waals surface area contributed by atoms with Gasteiger partial charge in [0, 0.05) is 0 Å². The average Bonchev–Trinajstić information content (AvgIpc) is 2.25. The highest BCUT2D eigenvalue weighted by Crippen LogP contribution is 2.33. The molecule has 0 spiro atoms. The smallest absolute Gasteiger partial charge is 0.110 e. The maximum atomic E-state index is 13.9. The van der Waals surface area contributed by atoms with Gasteiger partial charge in [0.25, 0.3) is 0 Å². The van der Waals surface area contributed by atoms with Crippen LogP contribution in [0.2, 0.25) is 0 Å². The normalized spacial score (nSPS) is 13.3. The van der Waals surface area contributed by atoms with Gasteiger partial charge in [-0.25, -0.2) is 8.78 Å². The first kappa shape index (κ1) is 13.9. The minimum Gasteiger partial charge on any atom is -0.244 e. The lowest BCUT2D eigenvalue weighted by Gasteiger charge is -2.28. The molecule has 0 aliphatic carbocycles. The highest BCUT2D eigenvalue weighted by molar-refractivity contribution is 4.83. The molecule has 0 amide bonds. The van der Waals surface area contributed by atoms with E-state index in [2.05, 4.69) is 0 Å². The van der Waals surface area contributed by atoms with Crippen molar-refractivity contribution >= 4 is 0 Å². The van der Waals surface area contributed by atoms with Gasteiger partial charge in [-0.3, -0.25) is 0 Å². The highest BCUT2D eigenvalue weighted by atomic mass is 19.1. The molecular weight excluding hydrogens is 182 g/mol.